The Kier molecular flexibility index (Phi) is 7.60. The topological polar surface area (TPSA) is 69.5 Å². The number of ether oxygens (including phenoxy) is 2. The molecule has 182 valence electrons. The molecule has 0 aliphatic rings. The van der Waals surface area contributed by atoms with E-state index in [0.717, 1.165) is 46.6 Å². The molecule has 0 N–H and O–H groups in total. The van der Waals surface area contributed by atoms with Gasteiger partial charge in [0.15, 0.2) is 5.82 Å². The number of nitrogens with zero attached hydrogens (tertiary/aromatic N) is 4. The molecule has 0 aliphatic carbocycles. The summed E-state index contributed by atoms with van der Waals surface area (Å²) >= 11 is 0. The number of rotatable bonds is 10. The number of hydrogen-bond acceptors (Lipinski definition) is 6. The van der Waals surface area contributed by atoms with Crippen LogP contribution in [-0.4, -0.2) is 47.3 Å². The molecule has 0 aliphatic heterocycles. The van der Waals surface area contributed by atoms with E-state index in [2.05, 4.69) is 9.88 Å². The molecule has 0 bridgehead atoms. The van der Waals surface area contributed by atoms with Gasteiger partial charge in [-0.1, -0.05) is 0 Å². The molecule has 2 aromatic carbocycles. The number of carbonyl (C=O) groups excluding carboxylic acids is 1. The van der Waals surface area contributed by atoms with Crippen LogP contribution in [0.1, 0.15) is 18.9 Å². The third-order valence-corrected chi connectivity index (χ3v) is 5.66. The van der Waals surface area contributed by atoms with Gasteiger partial charge in [-0.3, -0.25) is 4.79 Å². The van der Waals surface area contributed by atoms with Gasteiger partial charge in [0, 0.05) is 48.0 Å². The summed E-state index contributed by atoms with van der Waals surface area (Å²) < 4.78 is 26.1. The second kappa shape index (κ2) is 11.0. The van der Waals surface area contributed by atoms with E-state index in [4.69, 9.17) is 14.5 Å². The van der Waals surface area contributed by atoms with Crippen LogP contribution < -0.4 is 9.64 Å². The monoisotopic (exact) mass is 476 g/mol. The van der Waals surface area contributed by atoms with Crippen molar-refractivity contribution in [2.75, 3.05) is 31.7 Å². The highest BCUT2D eigenvalue weighted by atomic mass is 19.1. The van der Waals surface area contributed by atoms with Crippen LogP contribution in [0.4, 0.5) is 10.2 Å². The van der Waals surface area contributed by atoms with E-state index >= 15 is 0 Å². The third-order valence-electron chi connectivity index (χ3n) is 5.66. The maximum Gasteiger partial charge on any atom is 0.325 e. The molecule has 0 fully saturated rings. The SMILES string of the molecule is CCOC(=O)Cn1ccc2cc(OCCCN(C)c3nc(-c4ccc(F)cc4)ncc3C)ccc21. The molecule has 4 aromatic rings. The molecule has 0 amide bonds. The summed E-state index contributed by atoms with van der Waals surface area (Å²) in [5.41, 5.74) is 2.70. The van der Waals surface area contributed by atoms with Crippen LogP contribution in [0, 0.1) is 12.7 Å². The minimum absolute atomic E-state index is 0.190. The smallest absolute Gasteiger partial charge is 0.325 e. The molecule has 8 heteroatoms. The number of benzene rings is 2. The number of hydrogen-bond donors (Lipinski definition) is 0. The number of esters is 1. The molecule has 2 heterocycles. The largest absolute Gasteiger partial charge is 0.494 e. The summed E-state index contributed by atoms with van der Waals surface area (Å²) in [6.45, 7) is 5.63. The Morgan fingerprint density at radius 1 is 1.14 bits per heavy atom. The Balaban J connectivity index is 1.33. The van der Waals surface area contributed by atoms with Crippen molar-refractivity contribution in [1.29, 1.82) is 0 Å². The highest BCUT2D eigenvalue weighted by molar-refractivity contribution is 5.83. The zero-order valence-electron chi connectivity index (χ0n) is 20.2. The van der Waals surface area contributed by atoms with Crippen LogP contribution in [-0.2, 0) is 16.1 Å². The van der Waals surface area contributed by atoms with Crippen molar-refractivity contribution in [3.63, 3.8) is 0 Å². The number of halogens is 1. The van der Waals surface area contributed by atoms with E-state index in [-0.39, 0.29) is 18.3 Å². The van der Waals surface area contributed by atoms with Gasteiger partial charge in [0.25, 0.3) is 0 Å². The van der Waals surface area contributed by atoms with Gasteiger partial charge in [0.1, 0.15) is 23.9 Å². The highest BCUT2D eigenvalue weighted by Gasteiger charge is 2.11. The first-order chi connectivity index (χ1) is 16.9. The van der Waals surface area contributed by atoms with Gasteiger partial charge in [-0.05, 0) is 68.8 Å². The van der Waals surface area contributed by atoms with Crippen molar-refractivity contribution >= 4 is 22.7 Å². The minimum Gasteiger partial charge on any atom is -0.494 e. The number of fused-ring (bicyclic) bond motifs is 1. The molecule has 0 saturated heterocycles. The van der Waals surface area contributed by atoms with Gasteiger partial charge in [-0.2, -0.15) is 0 Å². The zero-order chi connectivity index (χ0) is 24.8. The maximum absolute atomic E-state index is 13.2. The second-order valence-electron chi connectivity index (χ2n) is 8.30. The quantitative estimate of drug-likeness (QED) is 0.237. The van der Waals surface area contributed by atoms with Crippen LogP contribution >= 0.6 is 0 Å². The fourth-order valence-electron chi connectivity index (χ4n) is 3.91. The molecule has 2 aromatic heterocycles. The van der Waals surface area contributed by atoms with Gasteiger partial charge in [0.2, 0.25) is 0 Å². The summed E-state index contributed by atoms with van der Waals surface area (Å²) in [6.07, 6.45) is 4.47. The summed E-state index contributed by atoms with van der Waals surface area (Å²) in [6, 6.07) is 14.0. The molecular weight excluding hydrogens is 447 g/mol. The van der Waals surface area contributed by atoms with Crippen molar-refractivity contribution in [2.24, 2.45) is 0 Å². The van der Waals surface area contributed by atoms with Gasteiger partial charge < -0.3 is 18.9 Å². The fourth-order valence-corrected chi connectivity index (χ4v) is 3.91. The lowest BCUT2D eigenvalue weighted by Gasteiger charge is -2.20. The van der Waals surface area contributed by atoms with Crippen LogP contribution in [0.2, 0.25) is 0 Å². The predicted molar refractivity (Wildman–Crippen MR) is 134 cm³/mol. The summed E-state index contributed by atoms with van der Waals surface area (Å²) in [4.78, 5) is 22.9. The van der Waals surface area contributed by atoms with Crippen molar-refractivity contribution in [3.05, 3.63) is 72.3 Å². The van der Waals surface area contributed by atoms with E-state index in [1.165, 1.54) is 12.1 Å². The molecule has 35 heavy (non-hydrogen) atoms. The van der Waals surface area contributed by atoms with E-state index in [1.54, 1.807) is 25.3 Å². The first-order valence-corrected chi connectivity index (χ1v) is 11.6. The number of aryl methyl sites for hydroxylation is 1. The van der Waals surface area contributed by atoms with Gasteiger partial charge in [-0.15, -0.1) is 0 Å². The van der Waals surface area contributed by atoms with Crippen LogP contribution in [0.5, 0.6) is 5.75 Å². The summed E-state index contributed by atoms with van der Waals surface area (Å²) in [7, 11) is 1.99. The molecule has 0 unspecified atom stereocenters. The molecule has 0 atom stereocenters. The normalized spacial score (nSPS) is 11.0. The molecule has 0 spiro atoms. The molecular formula is C27H29FN4O3. The Labute approximate surface area is 204 Å². The molecule has 4 rings (SSSR count). The summed E-state index contributed by atoms with van der Waals surface area (Å²) in [5.74, 6) is 1.65. The highest BCUT2D eigenvalue weighted by Crippen LogP contribution is 2.23. The molecule has 0 saturated carbocycles. The average Bonchev–Trinajstić information content (AvgIpc) is 3.24. The number of aromatic nitrogens is 3. The number of anilines is 1. The zero-order valence-corrected chi connectivity index (χ0v) is 20.2. The Hall–Kier alpha value is -3.94. The number of carbonyl (C=O) groups is 1. The lowest BCUT2D eigenvalue weighted by Crippen LogP contribution is -2.22. The van der Waals surface area contributed by atoms with Gasteiger partial charge in [-0.25, -0.2) is 14.4 Å². The molecule has 7 nitrogen and oxygen atoms in total. The Morgan fingerprint density at radius 2 is 1.94 bits per heavy atom. The lowest BCUT2D eigenvalue weighted by atomic mass is 10.2. The second-order valence-corrected chi connectivity index (χ2v) is 8.30. The van der Waals surface area contributed by atoms with E-state index in [0.29, 0.717) is 19.0 Å². The predicted octanol–water partition coefficient (Wildman–Crippen LogP) is 5.01. The first-order valence-electron chi connectivity index (χ1n) is 11.6. The van der Waals surface area contributed by atoms with Crippen molar-refractivity contribution < 1.29 is 18.7 Å². The Morgan fingerprint density at radius 3 is 2.71 bits per heavy atom. The van der Waals surface area contributed by atoms with Crippen LogP contribution in [0.25, 0.3) is 22.3 Å². The molecule has 0 radical (unpaired) electrons. The first kappa shape index (κ1) is 24.2. The van der Waals surface area contributed by atoms with Crippen LogP contribution in [0.15, 0.2) is 60.9 Å². The van der Waals surface area contributed by atoms with Gasteiger partial charge in [0.05, 0.1) is 13.2 Å². The van der Waals surface area contributed by atoms with Crippen molar-refractivity contribution in [1.82, 2.24) is 14.5 Å². The van der Waals surface area contributed by atoms with Crippen molar-refractivity contribution in [3.8, 4) is 17.1 Å². The lowest BCUT2D eigenvalue weighted by molar-refractivity contribution is -0.143. The summed E-state index contributed by atoms with van der Waals surface area (Å²) in [5, 5.41) is 1.01. The Bertz CT molecular complexity index is 1300. The van der Waals surface area contributed by atoms with Crippen LogP contribution in [0.3, 0.4) is 0 Å². The third kappa shape index (κ3) is 5.95. The average molecular weight is 477 g/mol. The van der Waals surface area contributed by atoms with Crippen molar-refractivity contribution in [2.45, 2.75) is 26.8 Å². The van der Waals surface area contributed by atoms with E-state index < -0.39 is 0 Å². The minimum atomic E-state index is -0.286. The van der Waals surface area contributed by atoms with E-state index in [9.17, 15) is 9.18 Å². The van der Waals surface area contributed by atoms with E-state index in [1.807, 2.05) is 49.0 Å². The maximum atomic E-state index is 13.2. The van der Waals surface area contributed by atoms with Gasteiger partial charge >= 0.3 is 5.97 Å². The fraction of sp³-hybridized carbons (Fsp3) is 0.296. The standard InChI is InChI=1S/C27H29FN4O3/c1-4-34-25(33)18-32-14-12-21-16-23(10-11-24(21)32)35-15-5-13-31(3)27-19(2)17-29-26(30-27)20-6-8-22(28)9-7-20/h6-12,14,16-17H,4-5,13,15,18H2,1-3H3.